The Bertz CT molecular complexity index is 695. The molecule has 1 aromatic rings. The first-order chi connectivity index (χ1) is 11.5. The molecule has 0 saturated heterocycles. The Labute approximate surface area is 143 Å². The van der Waals surface area contributed by atoms with E-state index >= 15 is 0 Å². The third-order valence-electron chi connectivity index (χ3n) is 4.84. The number of carbonyl (C=O) groups is 1. The zero-order valence-corrected chi connectivity index (χ0v) is 14.5. The number of sulfonamides is 1. The van der Waals surface area contributed by atoms with Gasteiger partial charge in [0.25, 0.3) is 5.91 Å². The van der Waals surface area contributed by atoms with Crippen molar-refractivity contribution in [2.24, 2.45) is 11.7 Å². The first kappa shape index (κ1) is 17.4. The Hall–Kier alpha value is -1.44. The van der Waals surface area contributed by atoms with E-state index in [1.165, 1.54) is 12.1 Å². The van der Waals surface area contributed by atoms with Crippen LogP contribution in [0, 0.1) is 5.92 Å². The Kier molecular flexibility index (Phi) is 5.22. The molecule has 24 heavy (non-hydrogen) atoms. The van der Waals surface area contributed by atoms with Gasteiger partial charge in [0.05, 0.1) is 4.90 Å². The van der Waals surface area contributed by atoms with E-state index < -0.39 is 10.0 Å². The molecule has 0 heterocycles. The quantitative estimate of drug-likeness (QED) is 0.690. The van der Waals surface area contributed by atoms with Crippen LogP contribution in [-0.2, 0) is 10.0 Å². The average Bonchev–Trinajstić information content (AvgIpc) is 3.30. The van der Waals surface area contributed by atoms with Crippen molar-refractivity contribution in [2.45, 2.75) is 55.5 Å². The highest BCUT2D eigenvalue weighted by Crippen LogP contribution is 2.32. The molecule has 0 bridgehead atoms. The molecule has 1 amide bonds. The molecule has 7 heteroatoms. The number of nitrogens with two attached hydrogens (primary N) is 1. The highest BCUT2D eigenvalue weighted by atomic mass is 32.2. The standard InChI is InChI=1S/C17H25N3O3S/c18-11-16(12-8-9-12)19-17(21)13-4-3-7-15(10-13)24(22,23)20-14-5-1-2-6-14/h3-4,7,10,12,14,16,20H,1-2,5-6,8-9,11,18H2,(H,19,21). The molecular formula is C17H25N3O3S. The Morgan fingerprint density at radius 3 is 2.54 bits per heavy atom. The van der Waals surface area contributed by atoms with Gasteiger partial charge in [0.1, 0.15) is 0 Å². The molecule has 0 spiro atoms. The monoisotopic (exact) mass is 351 g/mol. The predicted molar refractivity (Wildman–Crippen MR) is 92.1 cm³/mol. The van der Waals surface area contributed by atoms with E-state index in [4.69, 9.17) is 5.73 Å². The van der Waals surface area contributed by atoms with Gasteiger partial charge in [0.15, 0.2) is 0 Å². The van der Waals surface area contributed by atoms with E-state index in [0.29, 0.717) is 18.0 Å². The minimum Gasteiger partial charge on any atom is -0.348 e. The summed E-state index contributed by atoms with van der Waals surface area (Å²) in [6.45, 7) is 0.400. The van der Waals surface area contributed by atoms with Crippen LogP contribution in [0.5, 0.6) is 0 Å². The van der Waals surface area contributed by atoms with Gasteiger partial charge in [-0.05, 0) is 49.8 Å². The van der Waals surface area contributed by atoms with Crippen LogP contribution in [0.1, 0.15) is 48.9 Å². The molecule has 132 valence electrons. The third-order valence-corrected chi connectivity index (χ3v) is 6.36. The van der Waals surface area contributed by atoms with Gasteiger partial charge in [-0.1, -0.05) is 18.9 Å². The molecule has 0 radical (unpaired) electrons. The minimum atomic E-state index is -3.59. The molecule has 0 aliphatic heterocycles. The molecule has 1 unspecified atom stereocenters. The maximum Gasteiger partial charge on any atom is 0.251 e. The SMILES string of the molecule is NCC(NC(=O)c1cccc(S(=O)(=O)NC2CCCC2)c1)C1CC1. The summed E-state index contributed by atoms with van der Waals surface area (Å²) in [6.07, 6.45) is 6.02. The molecule has 6 nitrogen and oxygen atoms in total. The second kappa shape index (κ2) is 7.21. The molecule has 2 saturated carbocycles. The molecule has 1 aromatic carbocycles. The Morgan fingerprint density at radius 1 is 1.21 bits per heavy atom. The molecule has 0 aromatic heterocycles. The summed E-state index contributed by atoms with van der Waals surface area (Å²) in [6, 6.07) is 6.16. The van der Waals surface area contributed by atoms with E-state index in [9.17, 15) is 13.2 Å². The summed E-state index contributed by atoms with van der Waals surface area (Å²) in [5.41, 5.74) is 6.06. The van der Waals surface area contributed by atoms with E-state index in [0.717, 1.165) is 38.5 Å². The van der Waals surface area contributed by atoms with E-state index in [-0.39, 0.29) is 22.9 Å². The van der Waals surface area contributed by atoms with Gasteiger partial charge in [-0.2, -0.15) is 0 Å². The molecule has 3 rings (SSSR count). The van der Waals surface area contributed by atoms with Gasteiger partial charge in [-0.25, -0.2) is 13.1 Å². The van der Waals surface area contributed by atoms with Crippen molar-refractivity contribution in [3.05, 3.63) is 29.8 Å². The molecular weight excluding hydrogens is 326 g/mol. The summed E-state index contributed by atoms with van der Waals surface area (Å²) >= 11 is 0. The van der Waals surface area contributed by atoms with E-state index in [2.05, 4.69) is 10.0 Å². The van der Waals surface area contributed by atoms with E-state index in [1.54, 1.807) is 12.1 Å². The largest absolute Gasteiger partial charge is 0.348 e. The topological polar surface area (TPSA) is 101 Å². The van der Waals surface area contributed by atoms with Crippen molar-refractivity contribution in [2.75, 3.05) is 6.54 Å². The second-order valence-corrected chi connectivity index (χ2v) is 8.50. The number of hydrogen-bond donors (Lipinski definition) is 3. The van der Waals surface area contributed by atoms with Gasteiger partial charge >= 0.3 is 0 Å². The lowest BCUT2D eigenvalue weighted by Crippen LogP contribution is -2.41. The Morgan fingerprint density at radius 2 is 1.92 bits per heavy atom. The smallest absolute Gasteiger partial charge is 0.251 e. The number of amides is 1. The summed E-state index contributed by atoms with van der Waals surface area (Å²) < 4.78 is 27.7. The fraction of sp³-hybridized carbons (Fsp3) is 0.588. The molecule has 4 N–H and O–H groups in total. The maximum atomic E-state index is 12.5. The van der Waals surface area contributed by atoms with Crippen LogP contribution in [0.2, 0.25) is 0 Å². The van der Waals surface area contributed by atoms with Crippen LogP contribution >= 0.6 is 0 Å². The summed E-state index contributed by atoms with van der Waals surface area (Å²) in [5.74, 6) is 0.185. The highest BCUT2D eigenvalue weighted by Gasteiger charge is 2.31. The normalized spacial score (nSPS) is 20.0. The average molecular weight is 351 g/mol. The summed E-state index contributed by atoms with van der Waals surface area (Å²) in [7, 11) is -3.59. The lowest BCUT2D eigenvalue weighted by atomic mass is 10.1. The van der Waals surface area contributed by atoms with Gasteiger partial charge in [-0.3, -0.25) is 4.79 Å². The summed E-state index contributed by atoms with van der Waals surface area (Å²) in [4.78, 5) is 12.5. The van der Waals surface area contributed by atoms with Crippen molar-refractivity contribution >= 4 is 15.9 Å². The number of nitrogens with one attached hydrogen (secondary N) is 2. The molecule has 1 atom stereocenters. The first-order valence-electron chi connectivity index (χ1n) is 8.63. The molecule has 2 aliphatic carbocycles. The fourth-order valence-corrected chi connectivity index (χ4v) is 4.61. The predicted octanol–water partition coefficient (Wildman–Crippen LogP) is 1.37. The number of hydrogen-bond acceptors (Lipinski definition) is 4. The van der Waals surface area contributed by atoms with Crippen LogP contribution in [0.15, 0.2) is 29.2 Å². The van der Waals surface area contributed by atoms with Crippen molar-refractivity contribution in [1.29, 1.82) is 0 Å². The van der Waals surface area contributed by atoms with Crippen LogP contribution in [0.3, 0.4) is 0 Å². The zero-order chi connectivity index (χ0) is 17.2. The third kappa shape index (κ3) is 4.15. The van der Waals surface area contributed by atoms with Crippen LogP contribution in [-0.4, -0.2) is 33.0 Å². The Balaban J connectivity index is 1.71. The number of carbonyl (C=O) groups excluding carboxylic acids is 1. The number of rotatable bonds is 7. The highest BCUT2D eigenvalue weighted by molar-refractivity contribution is 7.89. The van der Waals surface area contributed by atoms with Crippen LogP contribution in [0.25, 0.3) is 0 Å². The van der Waals surface area contributed by atoms with Gasteiger partial charge < -0.3 is 11.1 Å². The van der Waals surface area contributed by atoms with Crippen LogP contribution < -0.4 is 15.8 Å². The fourth-order valence-electron chi connectivity index (χ4n) is 3.26. The maximum absolute atomic E-state index is 12.5. The van der Waals surface area contributed by atoms with Crippen molar-refractivity contribution in [1.82, 2.24) is 10.0 Å². The zero-order valence-electron chi connectivity index (χ0n) is 13.7. The second-order valence-electron chi connectivity index (χ2n) is 6.78. The lowest BCUT2D eigenvalue weighted by Gasteiger charge is -2.17. The van der Waals surface area contributed by atoms with Crippen LogP contribution in [0.4, 0.5) is 0 Å². The first-order valence-corrected chi connectivity index (χ1v) is 10.1. The van der Waals surface area contributed by atoms with Crippen molar-refractivity contribution < 1.29 is 13.2 Å². The number of benzene rings is 1. The summed E-state index contributed by atoms with van der Waals surface area (Å²) in [5, 5.41) is 2.92. The van der Waals surface area contributed by atoms with Gasteiger partial charge in [0, 0.05) is 24.2 Å². The van der Waals surface area contributed by atoms with Gasteiger partial charge in [-0.15, -0.1) is 0 Å². The van der Waals surface area contributed by atoms with Crippen molar-refractivity contribution in [3.8, 4) is 0 Å². The van der Waals surface area contributed by atoms with Crippen molar-refractivity contribution in [3.63, 3.8) is 0 Å². The van der Waals surface area contributed by atoms with Gasteiger partial charge in [0.2, 0.25) is 10.0 Å². The molecule has 2 fully saturated rings. The lowest BCUT2D eigenvalue weighted by molar-refractivity contribution is 0.0933. The minimum absolute atomic E-state index is 0.00368. The van der Waals surface area contributed by atoms with E-state index in [1.807, 2.05) is 0 Å². The molecule has 2 aliphatic rings.